The summed E-state index contributed by atoms with van der Waals surface area (Å²) < 4.78 is 0. The maximum atomic E-state index is 8.24. The van der Waals surface area contributed by atoms with Gasteiger partial charge < -0.3 is 0 Å². The van der Waals surface area contributed by atoms with E-state index in [-0.39, 0.29) is 0 Å². The number of thiophene rings is 1. The molecule has 0 bridgehead atoms. The monoisotopic (exact) mass is 264 g/mol. The van der Waals surface area contributed by atoms with Crippen LogP contribution in [-0.2, 0) is 19.4 Å². The lowest BCUT2D eigenvalue weighted by atomic mass is 10.2. The second kappa shape index (κ2) is 5.82. The van der Waals surface area contributed by atoms with Gasteiger partial charge in [0.2, 0.25) is 0 Å². The Kier molecular flexibility index (Phi) is 4.14. The number of aromatic nitrogens is 1. The molecule has 2 heterocycles. The molecule has 0 aliphatic carbocycles. The summed E-state index contributed by atoms with van der Waals surface area (Å²) >= 11 is 3.40. The Morgan fingerprint density at radius 3 is 2.88 bits per heavy atom. The summed E-state index contributed by atoms with van der Waals surface area (Å²) in [7, 11) is 0. The molecular weight excluding hydrogens is 252 g/mol. The van der Waals surface area contributed by atoms with E-state index >= 15 is 0 Å². The first-order valence-electron chi connectivity index (χ1n) is 5.27. The van der Waals surface area contributed by atoms with Gasteiger partial charge in [-0.15, -0.1) is 22.7 Å². The molecule has 0 unspecified atom stereocenters. The smallest absolute Gasteiger partial charge is 0.0897 e. The topological polar surface area (TPSA) is 61.7 Å². The third-order valence-corrected chi connectivity index (χ3v) is 4.25. The van der Waals surface area contributed by atoms with Crippen molar-refractivity contribution in [1.82, 2.24) is 4.98 Å². The molecule has 0 aliphatic heterocycles. The molecule has 0 spiro atoms. The largest absolute Gasteiger partial charge is 0.247 e. The highest BCUT2D eigenvalue weighted by molar-refractivity contribution is 7.12. The number of nitrogens with zero attached hydrogens (tertiary/aromatic N) is 4. The second-order valence-electron chi connectivity index (χ2n) is 3.61. The Morgan fingerprint density at radius 1 is 1.35 bits per heavy atom. The lowest BCUT2D eigenvalue weighted by Gasteiger charge is -1.94. The molecule has 0 saturated carbocycles. The van der Waals surface area contributed by atoms with Gasteiger partial charge in [0.25, 0.3) is 0 Å². The van der Waals surface area contributed by atoms with E-state index in [1.54, 1.807) is 22.7 Å². The summed E-state index contributed by atoms with van der Waals surface area (Å²) in [5.41, 5.74) is 9.41. The first kappa shape index (κ1) is 12.1. The van der Waals surface area contributed by atoms with Gasteiger partial charge in [0.1, 0.15) is 0 Å². The first-order valence-corrected chi connectivity index (χ1v) is 6.97. The minimum Gasteiger partial charge on any atom is -0.247 e. The van der Waals surface area contributed by atoms with Crippen LogP contribution in [0.15, 0.2) is 22.6 Å². The molecule has 0 N–H and O–H groups in total. The van der Waals surface area contributed by atoms with Gasteiger partial charge in [-0.1, -0.05) is 5.11 Å². The number of hydrogen-bond acceptors (Lipinski definition) is 4. The van der Waals surface area contributed by atoms with Crippen molar-refractivity contribution in [3.8, 4) is 0 Å². The first-order chi connectivity index (χ1) is 8.28. The summed E-state index contributed by atoms with van der Waals surface area (Å²) in [6, 6.07) is 4.13. The van der Waals surface area contributed by atoms with Crippen LogP contribution < -0.4 is 0 Å². The van der Waals surface area contributed by atoms with Crippen molar-refractivity contribution >= 4 is 22.7 Å². The molecule has 4 nitrogen and oxygen atoms in total. The Labute approximate surface area is 108 Å². The lowest BCUT2D eigenvalue weighted by Crippen LogP contribution is -1.88. The summed E-state index contributed by atoms with van der Waals surface area (Å²) in [5.74, 6) is 0. The fraction of sp³-hybridized carbons (Fsp3) is 0.364. The van der Waals surface area contributed by atoms with E-state index in [0.717, 1.165) is 28.4 Å². The highest BCUT2D eigenvalue weighted by atomic mass is 32.1. The lowest BCUT2D eigenvalue weighted by molar-refractivity contribution is 0.935. The van der Waals surface area contributed by atoms with Gasteiger partial charge in [0.15, 0.2) is 0 Å². The van der Waals surface area contributed by atoms with Crippen LogP contribution in [0.3, 0.4) is 0 Å². The molecule has 17 heavy (non-hydrogen) atoms. The predicted molar refractivity (Wildman–Crippen MR) is 71.4 cm³/mol. The molecule has 0 amide bonds. The van der Waals surface area contributed by atoms with Gasteiger partial charge in [0, 0.05) is 20.0 Å². The highest BCUT2D eigenvalue weighted by Crippen LogP contribution is 2.20. The zero-order chi connectivity index (χ0) is 12.1. The number of hydrogen-bond donors (Lipinski definition) is 0. The van der Waals surface area contributed by atoms with E-state index in [4.69, 9.17) is 5.53 Å². The van der Waals surface area contributed by atoms with Gasteiger partial charge in [-0.05, 0) is 37.4 Å². The molecule has 2 aromatic rings. The normalized spacial score (nSPS) is 10.2. The van der Waals surface area contributed by atoms with Crippen LogP contribution >= 0.6 is 22.7 Å². The van der Waals surface area contributed by atoms with Crippen LogP contribution in [0.25, 0.3) is 10.4 Å². The molecule has 88 valence electrons. The maximum absolute atomic E-state index is 8.24. The van der Waals surface area contributed by atoms with Crippen molar-refractivity contribution in [3.05, 3.63) is 48.4 Å². The maximum Gasteiger partial charge on any atom is 0.0897 e. The van der Waals surface area contributed by atoms with E-state index in [1.807, 2.05) is 13.0 Å². The molecule has 0 aromatic carbocycles. The highest BCUT2D eigenvalue weighted by Gasteiger charge is 2.02. The molecule has 0 fully saturated rings. The Balaban J connectivity index is 1.90. The number of thiazole rings is 1. The van der Waals surface area contributed by atoms with Gasteiger partial charge in [0.05, 0.1) is 17.2 Å². The van der Waals surface area contributed by atoms with Crippen LogP contribution in [0.1, 0.15) is 20.5 Å². The van der Waals surface area contributed by atoms with E-state index < -0.39 is 0 Å². The molecule has 0 radical (unpaired) electrons. The number of azide groups is 1. The van der Waals surface area contributed by atoms with E-state index in [2.05, 4.69) is 26.5 Å². The average Bonchev–Trinajstić information content (AvgIpc) is 2.93. The van der Waals surface area contributed by atoms with Crippen LogP contribution in [0.4, 0.5) is 0 Å². The fourth-order valence-electron chi connectivity index (χ4n) is 1.52. The van der Waals surface area contributed by atoms with Crippen LogP contribution in [0.2, 0.25) is 0 Å². The quantitative estimate of drug-likeness (QED) is 0.455. The minimum absolute atomic E-state index is 0.455. The number of aryl methyl sites for hydroxylation is 3. The summed E-state index contributed by atoms with van der Waals surface area (Å²) in [6.45, 7) is 2.48. The van der Waals surface area contributed by atoms with Crippen molar-refractivity contribution in [2.75, 3.05) is 0 Å². The molecule has 0 aliphatic rings. The van der Waals surface area contributed by atoms with Gasteiger partial charge in [-0.25, -0.2) is 4.98 Å². The third-order valence-electron chi connectivity index (χ3n) is 2.30. The molecular formula is C11H12N4S2. The molecule has 0 atom stereocenters. The van der Waals surface area contributed by atoms with Crippen LogP contribution in [-0.4, -0.2) is 4.98 Å². The van der Waals surface area contributed by atoms with Gasteiger partial charge in [-0.3, -0.25) is 0 Å². The van der Waals surface area contributed by atoms with Crippen molar-refractivity contribution in [2.45, 2.75) is 26.3 Å². The standard InChI is InChI=1S/C11H12N4S2/c1-8-14-9(7-16-8)2-3-10-4-5-11(17-10)6-13-15-12/h4-5,7H,2-3,6H2,1H3. The number of rotatable bonds is 5. The third kappa shape index (κ3) is 3.56. The van der Waals surface area contributed by atoms with Gasteiger partial charge >= 0.3 is 0 Å². The van der Waals surface area contributed by atoms with E-state index in [9.17, 15) is 0 Å². The molecule has 0 saturated heterocycles. The summed E-state index contributed by atoms with van der Waals surface area (Å²) in [6.07, 6.45) is 1.98. The van der Waals surface area contributed by atoms with Crippen LogP contribution in [0, 0.1) is 6.92 Å². The van der Waals surface area contributed by atoms with Crippen molar-refractivity contribution < 1.29 is 0 Å². The average molecular weight is 264 g/mol. The Hall–Kier alpha value is -1.36. The second-order valence-corrected chi connectivity index (χ2v) is 5.93. The zero-order valence-electron chi connectivity index (χ0n) is 9.46. The Bertz CT molecular complexity index is 537. The van der Waals surface area contributed by atoms with Crippen LogP contribution in [0.5, 0.6) is 0 Å². The molecule has 6 heteroatoms. The Morgan fingerprint density at radius 2 is 2.18 bits per heavy atom. The molecule has 2 rings (SSSR count). The van der Waals surface area contributed by atoms with Crippen molar-refractivity contribution in [2.24, 2.45) is 5.11 Å². The van der Waals surface area contributed by atoms with Gasteiger partial charge in [-0.2, -0.15) is 0 Å². The fourth-order valence-corrected chi connectivity index (χ4v) is 3.10. The summed E-state index contributed by atoms with van der Waals surface area (Å²) in [5, 5.41) is 6.79. The van der Waals surface area contributed by atoms with E-state index in [1.165, 1.54) is 4.88 Å². The zero-order valence-corrected chi connectivity index (χ0v) is 11.1. The van der Waals surface area contributed by atoms with E-state index in [0.29, 0.717) is 6.54 Å². The summed E-state index contributed by atoms with van der Waals surface area (Å²) in [4.78, 5) is 9.63. The minimum atomic E-state index is 0.455. The van der Waals surface area contributed by atoms with Crippen molar-refractivity contribution in [1.29, 1.82) is 0 Å². The predicted octanol–water partition coefficient (Wildman–Crippen LogP) is 4.11. The van der Waals surface area contributed by atoms with Crippen molar-refractivity contribution in [3.63, 3.8) is 0 Å². The SMILES string of the molecule is Cc1nc(CCc2ccc(CN=[N+]=[N-])s2)cs1. The molecule has 2 aromatic heterocycles.